The van der Waals surface area contributed by atoms with Crippen molar-refractivity contribution in [1.82, 2.24) is 0 Å². The number of ether oxygens (including phenoxy) is 1. The summed E-state index contributed by atoms with van der Waals surface area (Å²) in [5.74, 6) is 5.31. The van der Waals surface area contributed by atoms with Gasteiger partial charge in [0.2, 0.25) is 0 Å². The van der Waals surface area contributed by atoms with E-state index in [1.165, 1.54) is 44.1 Å². The minimum absolute atomic E-state index is 0.0802. The molecular formula is C56H61IO7S3. The van der Waals surface area contributed by atoms with Gasteiger partial charge in [-0.1, -0.05) is 93.9 Å². The van der Waals surface area contributed by atoms with Crippen LogP contribution in [0.25, 0.3) is 0 Å². The van der Waals surface area contributed by atoms with Crippen LogP contribution in [0.15, 0.2) is 117 Å². The minimum atomic E-state index is -4.74. The molecule has 10 atom stereocenters. The monoisotopic (exact) mass is 1070 g/mol. The van der Waals surface area contributed by atoms with Crippen molar-refractivity contribution in [1.29, 1.82) is 0 Å². The minimum Gasteiger partial charge on any atom is -0.455 e. The molecule has 10 unspecified atom stereocenters. The molecule has 0 aliphatic heterocycles. The molecule has 0 spiro atoms. The van der Waals surface area contributed by atoms with E-state index < -0.39 is 26.2 Å². The van der Waals surface area contributed by atoms with Gasteiger partial charge in [-0.15, -0.1) is 0 Å². The molecule has 0 amide bonds. The highest BCUT2D eigenvalue weighted by atomic mass is 127. The Morgan fingerprint density at radius 3 is 1.91 bits per heavy atom. The van der Waals surface area contributed by atoms with Crippen molar-refractivity contribution >= 4 is 54.6 Å². The lowest BCUT2D eigenvalue weighted by Gasteiger charge is -2.54. The lowest BCUT2D eigenvalue weighted by Crippen LogP contribution is -2.43. The van der Waals surface area contributed by atoms with Gasteiger partial charge in [0.05, 0.1) is 8.47 Å². The van der Waals surface area contributed by atoms with Crippen LogP contribution in [0.1, 0.15) is 154 Å². The van der Waals surface area contributed by atoms with Crippen LogP contribution < -0.4 is 8.92 Å². The number of benzene rings is 5. The van der Waals surface area contributed by atoms with Crippen molar-refractivity contribution < 1.29 is 30.3 Å². The van der Waals surface area contributed by atoms with Crippen molar-refractivity contribution in [3.05, 3.63) is 134 Å². The second-order valence-corrected chi connectivity index (χ2v) is 26.5. The van der Waals surface area contributed by atoms with Crippen LogP contribution >= 0.6 is 34.4 Å². The SMILES string of the molecule is CC(C)c1cc(OS(=O)(=O)c2c(C3CC4CCC3C4)cc(C3CC4CCC3C4)cc2C2CC3CCC32)cc(C(C)Cc2ccc(Oc3ccccc3I)c(Sc3ccccc3)c2)c1S(=O)(=O)O. The average Bonchev–Trinajstić information content (AvgIpc) is 4.13. The summed E-state index contributed by atoms with van der Waals surface area (Å²) >= 11 is 3.85. The molecule has 5 aromatic carbocycles. The Bertz CT molecular complexity index is 2940. The van der Waals surface area contributed by atoms with E-state index in [1.54, 1.807) is 23.9 Å². The number of hydrogen-bond donors (Lipinski definition) is 1. The van der Waals surface area contributed by atoms with E-state index in [4.69, 9.17) is 8.92 Å². The Kier molecular flexibility index (Phi) is 12.4. The van der Waals surface area contributed by atoms with E-state index in [0.717, 1.165) is 73.8 Å². The quantitative estimate of drug-likeness (QED) is 0.0628. The van der Waals surface area contributed by atoms with Crippen LogP contribution in [0.5, 0.6) is 17.2 Å². The number of para-hydroxylation sites is 1. The standard InChI is InChI=1S/C56H61IO7S3/c1-32(2)44-30-41(31-45(55(44)66(58,59)60)33(3)21-34-15-20-53(63-52-12-8-7-11-51(52)57)54(26-34)65-42-9-5-4-6-10-42)64-67(61,62)56-49(47-25-36-14-17-38(47)23-36)28-40(46-24-35-13-16-37(46)22-35)29-50(56)48-27-39-18-19-43(39)48/h4-12,15,20,26,28-33,35-39,43,46-48H,13-14,16-19,21-25,27H2,1-3H3,(H,58,59,60). The smallest absolute Gasteiger partial charge is 0.339 e. The third kappa shape index (κ3) is 8.93. The molecule has 11 heteroatoms. The molecule has 6 aliphatic carbocycles. The maximum absolute atomic E-state index is 15.5. The van der Waals surface area contributed by atoms with Crippen molar-refractivity contribution in [3.63, 3.8) is 0 Å². The van der Waals surface area contributed by atoms with E-state index >= 15 is 8.42 Å². The molecule has 1 N–H and O–H groups in total. The first-order valence-corrected chi connectivity index (χ1v) is 29.5. The van der Waals surface area contributed by atoms with Gasteiger partial charge in [0.25, 0.3) is 10.1 Å². The van der Waals surface area contributed by atoms with Crippen LogP contribution in [0, 0.1) is 39.1 Å². The lowest BCUT2D eigenvalue weighted by atomic mass is 9.51. The average molecular weight is 1070 g/mol. The fourth-order valence-corrected chi connectivity index (χ4v) is 17.7. The summed E-state index contributed by atoms with van der Waals surface area (Å²) in [5, 5.41) is 0. The first-order valence-electron chi connectivity index (χ1n) is 24.7. The topological polar surface area (TPSA) is 107 Å². The van der Waals surface area contributed by atoms with Crippen molar-refractivity contribution in [2.24, 2.45) is 35.5 Å². The van der Waals surface area contributed by atoms with Gasteiger partial charge < -0.3 is 8.92 Å². The van der Waals surface area contributed by atoms with Gasteiger partial charge in [0.1, 0.15) is 27.0 Å². The highest BCUT2D eigenvalue weighted by molar-refractivity contribution is 14.1. The summed E-state index contributed by atoms with van der Waals surface area (Å²) in [7, 11) is -9.15. The number of fused-ring (bicyclic) bond motifs is 5. The van der Waals surface area contributed by atoms with E-state index in [1.807, 2.05) is 75.4 Å². The molecule has 0 aromatic heterocycles. The van der Waals surface area contributed by atoms with Crippen molar-refractivity contribution in [2.75, 3.05) is 0 Å². The van der Waals surface area contributed by atoms with Crippen LogP contribution in [-0.4, -0.2) is 21.4 Å². The molecule has 6 aliphatic rings. The summed E-state index contributed by atoms with van der Waals surface area (Å²) in [6, 6.07) is 31.7. The molecular weight excluding hydrogens is 1010 g/mol. The van der Waals surface area contributed by atoms with Crippen LogP contribution in [0.4, 0.5) is 0 Å². The van der Waals surface area contributed by atoms with Crippen LogP contribution in [0.3, 0.4) is 0 Å². The first-order chi connectivity index (χ1) is 32.2. The highest BCUT2D eigenvalue weighted by Crippen LogP contribution is 2.63. The largest absolute Gasteiger partial charge is 0.455 e. The Balaban J connectivity index is 0.981. The molecule has 67 heavy (non-hydrogen) atoms. The third-order valence-electron chi connectivity index (χ3n) is 17.0. The molecule has 5 aromatic rings. The second-order valence-electron chi connectivity index (χ2n) is 21.4. The zero-order valence-electron chi connectivity index (χ0n) is 38.6. The molecule has 11 rings (SSSR count). The fraction of sp³-hybridized carbons (Fsp3) is 0.464. The molecule has 0 radical (unpaired) electrons. The Morgan fingerprint density at radius 1 is 0.657 bits per heavy atom. The van der Waals surface area contributed by atoms with E-state index in [0.29, 0.717) is 63.7 Å². The van der Waals surface area contributed by atoms with E-state index in [-0.39, 0.29) is 28.4 Å². The number of hydrogen-bond acceptors (Lipinski definition) is 7. The summed E-state index contributed by atoms with van der Waals surface area (Å²) in [4.78, 5) is 2.15. The van der Waals surface area contributed by atoms with E-state index in [9.17, 15) is 13.0 Å². The van der Waals surface area contributed by atoms with Crippen LogP contribution in [-0.2, 0) is 26.7 Å². The molecule has 352 valence electrons. The normalized spacial score (nSPS) is 27.7. The number of halogens is 1. The summed E-state index contributed by atoms with van der Waals surface area (Å²) in [6.45, 7) is 5.65. The van der Waals surface area contributed by atoms with Gasteiger partial charge in [-0.25, -0.2) is 0 Å². The zero-order chi connectivity index (χ0) is 46.4. The molecule has 4 bridgehead atoms. The van der Waals surface area contributed by atoms with Gasteiger partial charge in [-0.2, -0.15) is 16.8 Å². The van der Waals surface area contributed by atoms with Gasteiger partial charge >= 0.3 is 10.1 Å². The molecule has 6 fully saturated rings. The maximum Gasteiger partial charge on any atom is 0.339 e. The van der Waals surface area contributed by atoms with Gasteiger partial charge in [-0.05, 0) is 234 Å². The van der Waals surface area contributed by atoms with Crippen LogP contribution in [0.2, 0.25) is 0 Å². The number of rotatable bonds is 15. The predicted octanol–water partition coefficient (Wildman–Crippen LogP) is 15.0. The second kappa shape index (κ2) is 18.1. The van der Waals surface area contributed by atoms with E-state index in [2.05, 4.69) is 52.9 Å². The highest BCUT2D eigenvalue weighted by Gasteiger charge is 2.51. The van der Waals surface area contributed by atoms with Gasteiger partial charge in [-0.3, -0.25) is 4.55 Å². The lowest BCUT2D eigenvalue weighted by molar-refractivity contribution is 0.0200. The summed E-state index contributed by atoms with van der Waals surface area (Å²) in [5.41, 5.74) is 4.90. The summed E-state index contributed by atoms with van der Waals surface area (Å²) in [6.07, 6.45) is 13.4. The Morgan fingerprint density at radius 2 is 1.31 bits per heavy atom. The van der Waals surface area contributed by atoms with Gasteiger partial charge in [0, 0.05) is 4.90 Å². The third-order valence-corrected chi connectivity index (χ3v) is 21.3. The molecule has 0 heterocycles. The fourth-order valence-electron chi connectivity index (χ4n) is 13.6. The first kappa shape index (κ1) is 46.0. The Labute approximate surface area is 415 Å². The zero-order valence-corrected chi connectivity index (χ0v) is 43.2. The molecule has 7 nitrogen and oxygen atoms in total. The van der Waals surface area contributed by atoms with Crippen molar-refractivity contribution in [3.8, 4) is 17.2 Å². The Hall–Kier alpha value is -3.36. The predicted molar refractivity (Wildman–Crippen MR) is 273 cm³/mol. The van der Waals surface area contributed by atoms with Crippen molar-refractivity contribution in [2.45, 2.75) is 147 Å². The maximum atomic E-state index is 15.5. The summed E-state index contributed by atoms with van der Waals surface area (Å²) < 4.78 is 82.9. The molecule has 0 saturated heterocycles. The molecule has 6 saturated carbocycles. The van der Waals surface area contributed by atoms with Gasteiger partial charge in [0.15, 0.2) is 0 Å².